The van der Waals surface area contributed by atoms with Gasteiger partial charge in [0.05, 0.1) is 11.4 Å². The second kappa shape index (κ2) is 4.35. The zero-order valence-electron chi connectivity index (χ0n) is 9.71. The molecule has 1 aliphatic rings. The third kappa shape index (κ3) is 2.07. The molecule has 1 aromatic heterocycles. The first kappa shape index (κ1) is 10.7. The summed E-state index contributed by atoms with van der Waals surface area (Å²) in [6.45, 7) is 4.93. The number of hydrogen-bond donors (Lipinski definition) is 2. The Morgan fingerprint density at radius 1 is 1.40 bits per heavy atom. The van der Waals surface area contributed by atoms with E-state index >= 15 is 0 Å². The summed E-state index contributed by atoms with van der Waals surface area (Å²) in [7, 11) is 0. The molecule has 3 N–H and O–H groups in total. The van der Waals surface area contributed by atoms with Crippen molar-refractivity contribution in [1.29, 1.82) is 0 Å². The summed E-state index contributed by atoms with van der Waals surface area (Å²) in [5, 5.41) is 0. The maximum absolute atomic E-state index is 5.73. The molecule has 3 nitrogen and oxygen atoms in total. The van der Waals surface area contributed by atoms with Crippen LogP contribution in [0.25, 0.3) is 0 Å². The molecule has 0 atom stereocenters. The van der Waals surface area contributed by atoms with E-state index in [9.17, 15) is 0 Å². The van der Waals surface area contributed by atoms with Crippen molar-refractivity contribution in [3.63, 3.8) is 0 Å². The molecule has 1 saturated carbocycles. The first-order valence-electron chi connectivity index (χ1n) is 6.01. The van der Waals surface area contributed by atoms with E-state index in [0.717, 1.165) is 5.69 Å². The molecule has 1 heterocycles. The maximum Gasteiger partial charge on any atom is 0.109 e. The van der Waals surface area contributed by atoms with Gasteiger partial charge in [0.2, 0.25) is 0 Å². The number of nitrogens with zero attached hydrogens (tertiary/aromatic N) is 1. The van der Waals surface area contributed by atoms with Gasteiger partial charge in [0.25, 0.3) is 0 Å². The first-order chi connectivity index (χ1) is 7.22. The van der Waals surface area contributed by atoms with Crippen molar-refractivity contribution in [2.75, 3.05) is 0 Å². The average molecular weight is 207 g/mol. The number of nitrogens with one attached hydrogen (secondary N) is 1. The number of H-pyrrole nitrogens is 1. The van der Waals surface area contributed by atoms with Crippen molar-refractivity contribution in [1.82, 2.24) is 9.97 Å². The molecule has 0 bridgehead atoms. The normalized spacial score (nSPS) is 17.9. The summed E-state index contributed by atoms with van der Waals surface area (Å²) in [4.78, 5) is 8.15. The minimum atomic E-state index is 0.468. The van der Waals surface area contributed by atoms with Gasteiger partial charge in [0, 0.05) is 12.5 Å². The SMILES string of the molecule is CC(C)c1nc(C2CCCC2)[nH]c1CN. The molecule has 0 aliphatic heterocycles. The Morgan fingerprint density at radius 2 is 2.07 bits per heavy atom. The molecular weight excluding hydrogens is 186 g/mol. The van der Waals surface area contributed by atoms with Gasteiger partial charge in [-0.1, -0.05) is 26.7 Å². The number of nitrogens with two attached hydrogens (primary N) is 1. The van der Waals surface area contributed by atoms with E-state index in [0.29, 0.717) is 18.4 Å². The van der Waals surface area contributed by atoms with Gasteiger partial charge in [0.1, 0.15) is 5.82 Å². The molecule has 0 spiro atoms. The van der Waals surface area contributed by atoms with E-state index in [-0.39, 0.29) is 0 Å². The Balaban J connectivity index is 2.25. The highest BCUT2D eigenvalue weighted by atomic mass is 15.0. The minimum Gasteiger partial charge on any atom is -0.344 e. The van der Waals surface area contributed by atoms with Crippen molar-refractivity contribution in [2.24, 2.45) is 5.73 Å². The molecule has 2 rings (SSSR count). The zero-order valence-corrected chi connectivity index (χ0v) is 9.71. The summed E-state index contributed by atoms with van der Waals surface area (Å²) in [6.07, 6.45) is 5.27. The topological polar surface area (TPSA) is 54.7 Å². The molecule has 3 heteroatoms. The summed E-state index contributed by atoms with van der Waals surface area (Å²) in [5.41, 5.74) is 8.03. The Labute approximate surface area is 91.5 Å². The lowest BCUT2D eigenvalue weighted by atomic mass is 10.1. The van der Waals surface area contributed by atoms with Crippen LogP contribution in [0.2, 0.25) is 0 Å². The van der Waals surface area contributed by atoms with Crippen LogP contribution in [0.3, 0.4) is 0 Å². The second-order valence-corrected chi connectivity index (χ2v) is 4.83. The van der Waals surface area contributed by atoms with Crippen LogP contribution in [0.5, 0.6) is 0 Å². The van der Waals surface area contributed by atoms with Gasteiger partial charge in [-0.05, 0) is 18.8 Å². The van der Waals surface area contributed by atoms with Gasteiger partial charge in [0.15, 0.2) is 0 Å². The fourth-order valence-electron chi connectivity index (χ4n) is 2.47. The van der Waals surface area contributed by atoms with Crippen LogP contribution in [-0.4, -0.2) is 9.97 Å². The lowest BCUT2D eigenvalue weighted by Gasteiger charge is -2.03. The van der Waals surface area contributed by atoms with Gasteiger partial charge in [-0.25, -0.2) is 4.98 Å². The summed E-state index contributed by atoms with van der Waals surface area (Å²) in [6, 6.07) is 0. The molecule has 0 saturated heterocycles. The lowest BCUT2D eigenvalue weighted by molar-refractivity contribution is 0.672. The van der Waals surface area contributed by atoms with Crippen LogP contribution in [0.15, 0.2) is 0 Å². The van der Waals surface area contributed by atoms with Crippen molar-refractivity contribution >= 4 is 0 Å². The zero-order chi connectivity index (χ0) is 10.8. The monoisotopic (exact) mass is 207 g/mol. The van der Waals surface area contributed by atoms with E-state index < -0.39 is 0 Å². The highest BCUT2D eigenvalue weighted by Crippen LogP contribution is 2.33. The third-order valence-corrected chi connectivity index (χ3v) is 3.32. The molecular formula is C12H21N3. The van der Waals surface area contributed by atoms with E-state index in [1.165, 1.54) is 37.2 Å². The molecule has 1 fully saturated rings. The Kier molecular flexibility index (Phi) is 3.10. The van der Waals surface area contributed by atoms with E-state index in [2.05, 4.69) is 18.8 Å². The standard InChI is InChI=1S/C12H21N3/c1-8(2)11-10(7-13)14-12(15-11)9-5-3-4-6-9/h8-9H,3-7,13H2,1-2H3,(H,14,15). The van der Waals surface area contributed by atoms with E-state index in [1.54, 1.807) is 0 Å². The smallest absolute Gasteiger partial charge is 0.109 e. The molecule has 0 amide bonds. The fourth-order valence-corrected chi connectivity index (χ4v) is 2.47. The van der Waals surface area contributed by atoms with Gasteiger partial charge < -0.3 is 10.7 Å². The number of imidazole rings is 1. The number of rotatable bonds is 3. The Hall–Kier alpha value is -0.830. The van der Waals surface area contributed by atoms with Crippen LogP contribution in [-0.2, 0) is 6.54 Å². The molecule has 0 unspecified atom stereocenters. The predicted molar refractivity (Wildman–Crippen MR) is 61.8 cm³/mol. The average Bonchev–Trinajstić information content (AvgIpc) is 2.86. The number of hydrogen-bond acceptors (Lipinski definition) is 2. The fraction of sp³-hybridized carbons (Fsp3) is 0.750. The number of aromatic amines is 1. The molecule has 84 valence electrons. The van der Waals surface area contributed by atoms with Crippen molar-refractivity contribution < 1.29 is 0 Å². The Morgan fingerprint density at radius 3 is 2.53 bits per heavy atom. The third-order valence-electron chi connectivity index (χ3n) is 3.32. The van der Waals surface area contributed by atoms with E-state index in [1.807, 2.05) is 0 Å². The van der Waals surface area contributed by atoms with Crippen LogP contribution >= 0.6 is 0 Å². The maximum atomic E-state index is 5.73. The number of aromatic nitrogens is 2. The predicted octanol–water partition coefficient (Wildman–Crippen LogP) is 2.65. The quantitative estimate of drug-likeness (QED) is 0.800. The highest BCUT2D eigenvalue weighted by molar-refractivity contribution is 5.20. The lowest BCUT2D eigenvalue weighted by Crippen LogP contribution is -2.02. The summed E-state index contributed by atoms with van der Waals surface area (Å²) in [5.74, 6) is 2.30. The molecule has 0 radical (unpaired) electrons. The van der Waals surface area contributed by atoms with Crippen LogP contribution in [0.1, 0.15) is 68.6 Å². The summed E-state index contributed by atoms with van der Waals surface area (Å²) >= 11 is 0. The van der Waals surface area contributed by atoms with Crippen LogP contribution in [0.4, 0.5) is 0 Å². The first-order valence-corrected chi connectivity index (χ1v) is 6.01. The second-order valence-electron chi connectivity index (χ2n) is 4.83. The molecule has 1 aromatic rings. The van der Waals surface area contributed by atoms with Gasteiger partial charge in [-0.15, -0.1) is 0 Å². The van der Waals surface area contributed by atoms with Gasteiger partial charge in [-0.3, -0.25) is 0 Å². The van der Waals surface area contributed by atoms with Crippen LogP contribution < -0.4 is 5.73 Å². The van der Waals surface area contributed by atoms with E-state index in [4.69, 9.17) is 10.7 Å². The van der Waals surface area contributed by atoms with Crippen molar-refractivity contribution in [3.05, 3.63) is 17.2 Å². The highest BCUT2D eigenvalue weighted by Gasteiger charge is 2.22. The summed E-state index contributed by atoms with van der Waals surface area (Å²) < 4.78 is 0. The van der Waals surface area contributed by atoms with Gasteiger partial charge >= 0.3 is 0 Å². The Bertz CT molecular complexity index is 322. The molecule has 15 heavy (non-hydrogen) atoms. The minimum absolute atomic E-state index is 0.468. The van der Waals surface area contributed by atoms with Crippen LogP contribution in [0, 0.1) is 0 Å². The van der Waals surface area contributed by atoms with Crippen molar-refractivity contribution in [3.8, 4) is 0 Å². The van der Waals surface area contributed by atoms with Crippen molar-refractivity contribution in [2.45, 2.75) is 57.9 Å². The van der Waals surface area contributed by atoms with Gasteiger partial charge in [-0.2, -0.15) is 0 Å². The molecule has 1 aliphatic carbocycles. The largest absolute Gasteiger partial charge is 0.344 e. The molecule has 0 aromatic carbocycles.